The normalized spacial score (nSPS) is 11.5. The van der Waals surface area contributed by atoms with Crippen LogP contribution in [-0.4, -0.2) is 34.8 Å². The highest BCUT2D eigenvalue weighted by Gasteiger charge is 2.50. The molecule has 5 nitrogen and oxygen atoms in total. The summed E-state index contributed by atoms with van der Waals surface area (Å²) in [4.78, 5) is 12.3. The van der Waals surface area contributed by atoms with Crippen LogP contribution in [0.1, 0.15) is 79.1 Å². The van der Waals surface area contributed by atoms with E-state index >= 15 is 0 Å². The average Bonchev–Trinajstić information content (AvgIpc) is 2.55. The van der Waals surface area contributed by atoms with E-state index in [-0.39, 0.29) is 0 Å². The number of unbranched alkanes of at least 4 members (excludes halogenated alkanes) is 3. The van der Waals surface area contributed by atoms with Gasteiger partial charge < -0.3 is 17.7 Å². The van der Waals surface area contributed by atoms with Gasteiger partial charge in [0.25, 0.3) is 0 Å². The van der Waals surface area contributed by atoms with Crippen LogP contribution in [-0.2, 0) is 22.5 Å². The van der Waals surface area contributed by atoms with Crippen molar-refractivity contribution in [1.82, 2.24) is 0 Å². The molecule has 0 aliphatic heterocycles. The summed E-state index contributed by atoms with van der Waals surface area (Å²) in [6.45, 7) is 13.4. The maximum Gasteiger partial charge on any atom is 0.751 e. The van der Waals surface area contributed by atoms with Crippen molar-refractivity contribution in [3.8, 4) is 0 Å². The van der Waals surface area contributed by atoms with Crippen LogP contribution in [0.3, 0.4) is 0 Å². The maximum absolute atomic E-state index is 12.3. The van der Waals surface area contributed by atoms with E-state index in [4.69, 9.17) is 17.7 Å². The van der Waals surface area contributed by atoms with Gasteiger partial charge in [-0.05, 0) is 25.7 Å². The van der Waals surface area contributed by atoms with E-state index < -0.39 is 15.0 Å². The van der Waals surface area contributed by atoms with Crippen molar-refractivity contribution in [3.05, 3.63) is 12.2 Å². The Hall–Kier alpha value is -0.693. The minimum absolute atomic E-state index is 0.437. The van der Waals surface area contributed by atoms with E-state index in [9.17, 15) is 4.79 Å². The molecule has 0 amide bonds. The molecule has 0 N–H and O–H groups in total. The van der Waals surface area contributed by atoms with Gasteiger partial charge >= 0.3 is 15.0 Å². The fourth-order valence-electron chi connectivity index (χ4n) is 1.83. The van der Waals surface area contributed by atoms with Crippen molar-refractivity contribution in [3.63, 3.8) is 0 Å². The molecular weight excluding hydrogens is 324 g/mol. The molecule has 0 aromatic heterocycles. The first kappa shape index (κ1) is 23.3. The zero-order valence-electron chi connectivity index (χ0n) is 16.0. The molecule has 0 saturated carbocycles. The summed E-state index contributed by atoms with van der Waals surface area (Å²) in [7, 11) is -3.47. The lowest BCUT2D eigenvalue weighted by Crippen LogP contribution is -2.51. The Kier molecular flexibility index (Phi) is 14.2. The molecule has 0 radical (unpaired) electrons. The van der Waals surface area contributed by atoms with E-state index in [0.717, 1.165) is 44.9 Å². The second-order valence-electron chi connectivity index (χ2n) is 5.85. The Morgan fingerprint density at radius 3 is 1.54 bits per heavy atom. The van der Waals surface area contributed by atoms with Crippen LogP contribution in [0.15, 0.2) is 12.2 Å². The Morgan fingerprint density at radius 2 is 1.21 bits per heavy atom. The van der Waals surface area contributed by atoms with Gasteiger partial charge in [-0.15, -0.1) is 0 Å². The van der Waals surface area contributed by atoms with E-state index in [0.29, 0.717) is 31.8 Å². The van der Waals surface area contributed by atoms with E-state index in [2.05, 4.69) is 27.4 Å². The second-order valence-corrected chi connectivity index (χ2v) is 7.92. The summed E-state index contributed by atoms with van der Waals surface area (Å²) in [6, 6.07) is 0. The monoisotopic (exact) mass is 360 g/mol. The number of rotatable bonds is 16. The van der Waals surface area contributed by atoms with Crippen LogP contribution in [0, 0.1) is 0 Å². The smallest absolute Gasteiger partial charge is 0.448 e. The third kappa shape index (κ3) is 10.2. The molecule has 24 heavy (non-hydrogen) atoms. The summed E-state index contributed by atoms with van der Waals surface area (Å²) in [5, 5.41) is 0. The number of carbonyl (C=O) groups is 1. The van der Waals surface area contributed by atoms with Crippen LogP contribution in [0.2, 0.25) is 0 Å². The summed E-state index contributed by atoms with van der Waals surface area (Å²) < 4.78 is 23.2. The molecule has 0 heterocycles. The average molecular weight is 361 g/mol. The largest absolute Gasteiger partial charge is 0.751 e. The van der Waals surface area contributed by atoms with Gasteiger partial charge in [-0.2, -0.15) is 0 Å². The first-order valence-electron chi connectivity index (χ1n) is 9.38. The van der Waals surface area contributed by atoms with Crippen LogP contribution in [0.25, 0.3) is 0 Å². The molecule has 0 saturated heterocycles. The van der Waals surface area contributed by atoms with E-state index in [1.165, 1.54) is 0 Å². The van der Waals surface area contributed by atoms with Gasteiger partial charge in [0.05, 0.1) is 0 Å². The number of hydrogen-bond donors (Lipinski definition) is 0. The Bertz CT molecular complexity index is 320. The number of carbonyl (C=O) groups excluding carboxylic acids is 1. The summed E-state index contributed by atoms with van der Waals surface area (Å²) in [5.74, 6) is -0.465. The van der Waals surface area contributed by atoms with Gasteiger partial charge in [0.15, 0.2) is 0 Å². The highest BCUT2D eigenvalue weighted by molar-refractivity contribution is 6.55. The van der Waals surface area contributed by atoms with Gasteiger partial charge in [0, 0.05) is 25.4 Å². The standard InChI is InChI=1S/C18H36O5Si/c1-6-10-14-20-24(21-15-11-7-2,22-16-12-8-3)23-18(19)17(5)13-9-4/h5-16H2,1-4H3. The molecule has 0 rings (SSSR count). The Balaban J connectivity index is 5.02. The highest BCUT2D eigenvalue weighted by atomic mass is 28.4. The lowest BCUT2D eigenvalue weighted by molar-refractivity contribution is -0.140. The van der Waals surface area contributed by atoms with E-state index in [1.54, 1.807) is 0 Å². The predicted molar refractivity (Wildman–Crippen MR) is 98.5 cm³/mol. The van der Waals surface area contributed by atoms with Crippen LogP contribution >= 0.6 is 0 Å². The molecule has 0 fully saturated rings. The van der Waals surface area contributed by atoms with Gasteiger partial charge in [-0.1, -0.05) is 60.0 Å². The van der Waals surface area contributed by atoms with Crippen molar-refractivity contribution in [1.29, 1.82) is 0 Å². The molecule has 0 aromatic carbocycles. The highest BCUT2D eigenvalue weighted by Crippen LogP contribution is 2.18. The van der Waals surface area contributed by atoms with Crippen molar-refractivity contribution in [2.24, 2.45) is 0 Å². The third-order valence-corrected chi connectivity index (χ3v) is 5.50. The van der Waals surface area contributed by atoms with Crippen molar-refractivity contribution in [2.45, 2.75) is 79.1 Å². The van der Waals surface area contributed by atoms with Crippen LogP contribution < -0.4 is 0 Å². The molecule has 0 aromatic rings. The SMILES string of the molecule is C=C(CCC)C(=O)O[Si](OCCCC)(OCCCC)OCCCC. The molecular formula is C18H36O5Si. The lowest BCUT2D eigenvalue weighted by Gasteiger charge is -2.27. The maximum atomic E-state index is 12.3. The molecule has 6 heteroatoms. The molecule has 0 bridgehead atoms. The van der Waals surface area contributed by atoms with Crippen molar-refractivity contribution < 1.29 is 22.5 Å². The summed E-state index contributed by atoms with van der Waals surface area (Å²) >= 11 is 0. The van der Waals surface area contributed by atoms with Gasteiger partial charge in [-0.3, -0.25) is 0 Å². The summed E-state index contributed by atoms with van der Waals surface area (Å²) in [5.41, 5.74) is 0.437. The predicted octanol–water partition coefficient (Wildman–Crippen LogP) is 4.77. The Labute approximate surface area is 149 Å². The van der Waals surface area contributed by atoms with Crippen molar-refractivity contribution in [2.75, 3.05) is 19.8 Å². The summed E-state index contributed by atoms with van der Waals surface area (Å²) in [6.07, 6.45) is 7.03. The number of hydrogen-bond acceptors (Lipinski definition) is 5. The first-order valence-corrected chi connectivity index (χ1v) is 11.0. The molecule has 0 aliphatic rings. The van der Waals surface area contributed by atoms with Crippen molar-refractivity contribution >= 4 is 15.0 Å². The van der Waals surface area contributed by atoms with Gasteiger partial charge in [0.2, 0.25) is 0 Å². The molecule has 0 unspecified atom stereocenters. The van der Waals surface area contributed by atoms with Gasteiger partial charge in [0.1, 0.15) is 0 Å². The topological polar surface area (TPSA) is 54.0 Å². The Morgan fingerprint density at radius 1 is 0.792 bits per heavy atom. The minimum atomic E-state index is -3.47. The van der Waals surface area contributed by atoms with Crippen LogP contribution in [0.4, 0.5) is 0 Å². The molecule has 0 aliphatic carbocycles. The van der Waals surface area contributed by atoms with E-state index in [1.807, 2.05) is 6.92 Å². The zero-order chi connectivity index (χ0) is 18.3. The molecule has 0 atom stereocenters. The minimum Gasteiger partial charge on any atom is -0.448 e. The first-order chi connectivity index (χ1) is 11.5. The molecule has 142 valence electrons. The van der Waals surface area contributed by atoms with Crippen LogP contribution in [0.5, 0.6) is 0 Å². The zero-order valence-corrected chi connectivity index (χ0v) is 17.0. The van der Waals surface area contributed by atoms with Gasteiger partial charge in [-0.25, -0.2) is 4.79 Å². The second kappa shape index (κ2) is 14.6. The fraction of sp³-hybridized carbons (Fsp3) is 0.833. The third-order valence-electron chi connectivity index (χ3n) is 3.39. The lowest BCUT2D eigenvalue weighted by atomic mass is 10.2. The quantitative estimate of drug-likeness (QED) is 0.225. The molecule has 0 spiro atoms. The fourth-order valence-corrected chi connectivity index (χ4v) is 3.81.